The maximum Gasteiger partial charge on any atom is 0.306 e. The number of aromatic nitrogens is 2. The van der Waals surface area contributed by atoms with Crippen molar-refractivity contribution in [2.45, 2.75) is 44.1 Å². The summed E-state index contributed by atoms with van der Waals surface area (Å²) in [7, 11) is 0. The number of imidazole rings is 1. The van der Waals surface area contributed by atoms with Gasteiger partial charge in [0, 0.05) is 17.0 Å². The number of carbonyl (C=O) groups is 1. The van der Waals surface area contributed by atoms with Crippen LogP contribution in [0, 0.1) is 5.92 Å². The van der Waals surface area contributed by atoms with E-state index in [0.29, 0.717) is 17.5 Å². The van der Waals surface area contributed by atoms with Crippen LogP contribution in [-0.2, 0) is 4.79 Å². The Kier molecular flexibility index (Phi) is 2.96. The lowest BCUT2D eigenvalue weighted by Crippen LogP contribution is -2.11. The lowest BCUT2D eigenvalue weighted by molar-refractivity contribution is -0.141. The first kappa shape index (κ1) is 13.1. The maximum atomic E-state index is 11.2. The van der Waals surface area contributed by atoms with Crippen molar-refractivity contribution in [1.29, 1.82) is 0 Å². The van der Waals surface area contributed by atoms with Crippen LogP contribution in [0.15, 0.2) is 18.2 Å². The van der Waals surface area contributed by atoms with Gasteiger partial charge in [0.25, 0.3) is 0 Å². The molecule has 2 fully saturated rings. The minimum absolute atomic E-state index is 0.217. The quantitative estimate of drug-likeness (QED) is 0.932. The standard InChI is InChI=1S/C16H17ClN2O2/c17-11-3-6-14-13(8-11)18-15(19(14)12-4-5-12)9-1-2-10(7-9)16(20)21/h3,6,8-10,12H,1-2,4-5,7H2,(H,20,21). The summed E-state index contributed by atoms with van der Waals surface area (Å²) in [6, 6.07) is 6.39. The molecule has 2 atom stereocenters. The zero-order chi connectivity index (χ0) is 14.6. The molecule has 0 amide bonds. The van der Waals surface area contributed by atoms with Crippen molar-refractivity contribution in [3.05, 3.63) is 29.0 Å². The van der Waals surface area contributed by atoms with Gasteiger partial charge in [0.05, 0.1) is 17.0 Å². The van der Waals surface area contributed by atoms with Crippen LogP contribution >= 0.6 is 11.6 Å². The van der Waals surface area contributed by atoms with Gasteiger partial charge in [-0.1, -0.05) is 11.6 Å². The lowest BCUT2D eigenvalue weighted by atomic mass is 10.0. The van der Waals surface area contributed by atoms with Crippen LogP contribution in [0.5, 0.6) is 0 Å². The van der Waals surface area contributed by atoms with Crippen molar-refractivity contribution < 1.29 is 9.90 Å². The second-order valence-corrected chi connectivity index (χ2v) is 6.69. The molecule has 0 bridgehead atoms. The average molecular weight is 305 g/mol. The average Bonchev–Trinajstić information content (AvgIpc) is 3.02. The van der Waals surface area contributed by atoms with Crippen molar-refractivity contribution in [2.75, 3.05) is 0 Å². The number of aliphatic carboxylic acids is 1. The summed E-state index contributed by atoms with van der Waals surface area (Å²) < 4.78 is 2.33. The van der Waals surface area contributed by atoms with Crippen molar-refractivity contribution in [2.24, 2.45) is 5.92 Å². The van der Waals surface area contributed by atoms with Crippen LogP contribution in [0.25, 0.3) is 11.0 Å². The zero-order valence-corrected chi connectivity index (χ0v) is 12.4. The maximum absolute atomic E-state index is 11.2. The second-order valence-electron chi connectivity index (χ2n) is 6.25. The highest BCUT2D eigenvalue weighted by molar-refractivity contribution is 6.31. The van der Waals surface area contributed by atoms with E-state index in [1.165, 1.54) is 12.8 Å². The van der Waals surface area contributed by atoms with E-state index in [4.69, 9.17) is 16.6 Å². The number of hydrogen-bond donors (Lipinski definition) is 1. The molecule has 2 unspecified atom stereocenters. The molecule has 2 aliphatic carbocycles. The molecule has 4 nitrogen and oxygen atoms in total. The number of hydrogen-bond acceptors (Lipinski definition) is 2. The Morgan fingerprint density at radius 2 is 2.10 bits per heavy atom. The van der Waals surface area contributed by atoms with Gasteiger partial charge in [-0.3, -0.25) is 4.79 Å². The van der Waals surface area contributed by atoms with E-state index in [0.717, 1.165) is 29.7 Å². The molecular formula is C16H17ClN2O2. The van der Waals surface area contributed by atoms with Gasteiger partial charge < -0.3 is 9.67 Å². The molecule has 1 aromatic heterocycles. The van der Waals surface area contributed by atoms with Gasteiger partial charge in [-0.2, -0.15) is 0 Å². The third-order valence-electron chi connectivity index (χ3n) is 4.74. The molecule has 1 aromatic carbocycles. The van der Waals surface area contributed by atoms with Gasteiger partial charge in [0.15, 0.2) is 0 Å². The Bertz CT molecular complexity index is 720. The van der Waals surface area contributed by atoms with Gasteiger partial charge in [-0.25, -0.2) is 4.98 Å². The summed E-state index contributed by atoms with van der Waals surface area (Å²) in [5.74, 6) is 0.442. The Labute approximate surface area is 127 Å². The molecule has 2 aliphatic rings. The summed E-state index contributed by atoms with van der Waals surface area (Å²) in [6.45, 7) is 0. The van der Waals surface area contributed by atoms with Crippen LogP contribution in [-0.4, -0.2) is 20.6 Å². The highest BCUT2D eigenvalue weighted by Gasteiger charge is 2.36. The summed E-state index contributed by atoms with van der Waals surface area (Å²) >= 11 is 6.07. The Morgan fingerprint density at radius 3 is 2.76 bits per heavy atom. The summed E-state index contributed by atoms with van der Waals surface area (Å²) in [6.07, 6.45) is 4.76. The number of carboxylic acid groups (broad SMARTS) is 1. The molecule has 1 heterocycles. The fourth-order valence-electron chi connectivity index (χ4n) is 3.54. The summed E-state index contributed by atoms with van der Waals surface area (Å²) in [5.41, 5.74) is 2.07. The number of benzene rings is 1. The predicted molar refractivity (Wildman–Crippen MR) is 80.7 cm³/mol. The smallest absolute Gasteiger partial charge is 0.306 e. The fraction of sp³-hybridized carbons (Fsp3) is 0.500. The highest BCUT2D eigenvalue weighted by atomic mass is 35.5. The van der Waals surface area contributed by atoms with Gasteiger partial charge in [-0.15, -0.1) is 0 Å². The highest BCUT2D eigenvalue weighted by Crippen LogP contribution is 2.45. The lowest BCUT2D eigenvalue weighted by Gasteiger charge is -2.13. The minimum atomic E-state index is -0.672. The first-order valence-electron chi connectivity index (χ1n) is 7.53. The molecule has 2 saturated carbocycles. The number of halogens is 1. The zero-order valence-electron chi connectivity index (χ0n) is 11.6. The van der Waals surface area contributed by atoms with E-state index < -0.39 is 5.97 Å². The van der Waals surface area contributed by atoms with Gasteiger partial charge >= 0.3 is 5.97 Å². The third-order valence-corrected chi connectivity index (χ3v) is 4.97. The first-order valence-corrected chi connectivity index (χ1v) is 7.91. The molecule has 0 spiro atoms. The van der Waals surface area contributed by atoms with Gasteiger partial charge in [-0.05, 0) is 50.3 Å². The topological polar surface area (TPSA) is 55.1 Å². The largest absolute Gasteiger partial charge is 0.481 e. The van der Waals surface area contributed by atoms with E-state index in [-0.39, 0.29) is 11.8 Å². The van der Waals surface area contributed by atoms with Gasteiger partial charge in [0.2, 0.25) is 0 Å². The fourth-order valence-corrected chi connectivity index (χ4v) is 3.70. The summed E-state index contributed by atoms with van der Waals surface area (Å²) in [5, 5.41) is 9.90. The van der Waals surface area contributed by atoms with E-state index in [1.807, 2.05) is 18.2 Å². The first-order chi connectivity index (χ1) is 10.1. The van der Waals surface area contributed by atoms with Crippen molar-refractivity contribution in [3.63, 3.8) is 0 Å². The molecule has 0 radical (unpaired) electrons. The number of carboxylic acids is 1. The van der Waals surface area contributed by atoms with E-state index in [2.05, 4.69) is 4.57 Å². The molecule has 1 N–H and O–H groups in total. The van der Waals surface area contributed by atoms with Gasteiger partial charge in [0.1, 0.15) is 5.82 Å². The van der Waals surface area contributed by atoms with Crippen LogP contribution in [0.3, 0.4) is 0 Å². The molecule has 0 aliphatic heterocycles. The molecule has 5 heteroatoms. The number of fused-ring (bicyclic) bond motifs is 1. The minimum Gasteiger partial charge on any atom is -0.481 e. The van der Waals surface area contributed by atoms with Crippen molar-refractivity contribution >= 4 is 28.6 Å². The molecule has 2 aromatic rings. The molecule has 0 saturated heterocycles. The van der Waals surface area contributed by atoms with E-state index in [1.54, 1.807) is 0 Å². The molecule has 4 rings (SSSR count). The Morgan fingerprint density at radius 1 is 1.29 bits per heavy atom. The van der Waals surface area contributed by atoms with Crippen molar-refractivity contribution in [3.8, 4) is 0 Å². The van der Waals surface area contributed by atoms with E-state index >= 15 is 0 Å². The SMILES string of the molecule is O=C(O)C1CCC(c2nc3cc(Cl)ccc3n2C2CC2)C1. The van der Waals surface area contributed by atoms with Crippen LogP contribution in [0.4, 0.5) is 0 Å². The normalized spacial score (nSPS) is 25.6. The van der Waals surface area contributed by atoms with Crippen LogP contribution in [0.1, 0.15) is 49.9 Å². The van der Waals surface area contributed by atoms with Crippen LogP contribution in [0.2, 0.25) is 5.02 Å². The predicted octanol–water partition coefficient (Wildman–Crippen LogP) is 3.99. The number of nitrogens with zero attached hydrogens (tertiary/aromatic N) is 2. The molecule has 110 valence electrons. The van der Waals surface area contributed by atoms with Crippen LogP contribution < -0.4 is 0 Å². The number of rotatable bonds is 3. The van der Waals surface area contributed by atoms with Crippen molar-refractivity contribution in [1.82, 2.24) is 9.55 Å². The molecule has 21 heavy (non-hydrogen) atoms. The monoisotopic (exact) mass is 304 g/mol. The Hall–Kier alpha value is -1.55. The molecular weight excluding hydrogens is 288 g/mol. The summed E-state index contributed by atoms with van der Waals surface area (Å²) in [4.78, 5) is 16.0. The second kappa shape index (κ2) is 4.73. The van der Waals surface area contributed by atoms with E-state index in [9.17, 15) is 9.90 Å². The third kappa shape index (κ3) is 2.22. The Balaban J connectivity index is 1.77.